The number of carboxylic acids is 1. The number of hydrogen-bond acceptors (Lipinski definition) is 4. The third kappa shape index (κ3) is 4.21. The zero-order valence-corrected chi connectivity index (χ0v) is 15.4. The number of halogens is 1. The summed E-state index contributed by atoms with van der Waals surface area (Å²) in [6.45, 7) is 0. The number of rotatable bonds is 6. The first-order valence-electron chi connectivity index (χ1n) is 7.75. The van der Waals surface area contributed by atoms with Crippen LogP contribution >= 0.6 is 11.6 Å². The highest BCUT2D eigenvalue weighted by Gasteiger charge is 2.27. The first-order chi connectivity index (χ1) is 12.9. The molecule has 0 aliphatic heterocycles. The predicted octanol–water partition coefficient (Wildman–Crippen LogP) is 4.23. The number of nitrogens with zero attached hydrogens (tertiary/aromatic N) is 1. The van der Waals surface area contributed by atoms with Gasteiger partial charge >= 0.3 is 5.97 Å². The van der Waals surface area contributed by atoms with Crippen LogP contribution in [0.5, 0.6) is 5.75 Å². The van der Waals surface area contributed by atoms with Crippen molar-refractivity contribution in [1.82, 2.24) is 0 Å². The highest BCUT2D eigenvalue weighted by atomic mass is 35.5. The molecule has 0 aliphatic carbocycles. The zero-order chi connectivity index (χ0) is 19.4. The predicted molar refractivity (Wildman–Crippen MR) is 102 cm³/mol. The Morgan fingerprint density at radius 1 is 0.889 bits per heavy atom. The zero-order valence-electron chi connectivity index (χ0n) is 13.8. The number of benzene rings is 3. The van der Waals surface area contributed by atoms with Gasteiger partial charge in [0, 0.05) is 5.02 Å². The summed E-state index contributed by atoms with van der Waals surface area (Å²) in [6, 6.07) is 19.4. The molecule has 6 nitrogen and oxygen atoms in total. The molecule has 0 aromatic heterocycles. The Balaban J connectivity index is 2.03. The second-order valence-electron chi connectivity index (χ2n) is 5.44. The minimum Gasteiger partial charge on any atom is -0.478 e. The lowest BCUT2D eigenvalue weighted by Crippen LogP contribution is -2.34. The second-order valence-corrected chi connectivity index (χ2v) is 7.63. The topological polar surface area (TPSA) is 83.9 Å². The Hall–Kier alpha value is -3.03. The largest absolute Gasteiger partial charge is 0.478 e. The average Bonchev–Trinajstić information content (AvgIpc) is 2.68. The van der Waals surface area contributed by atoms with Crippen LogP contribution in [0.3, 0.4) is 0 Å². The lowest BCUT2D eigenvalue weighted by Gasteiger charge is -2.24. The van der Waals surface area contributed by atoms with Gasteiger partial charge in [0.2, 0.25) is 0 Å². The fourth-order valence-electron chi connectivity index (χ4n) is 2.25. The van der Waals surface area contributed by atoms with Crippen LogP contribution in [0.2, 0.25) is 5.02 Å². The van der Waals surface area contributed by atoms with E-state index >= 15 is 0 Å². The summed E-state index contributed by atoms with van der Waals surface area (Å²) in [6.07, 6.45) is 0. The fraction of sp³-hybridized carbons (Fsp3) is 0. The van der Waals surface area contributed by atoms with Crippen molar-refractivity contribution in [3.8, 4) is 5.75 Å². The third-order valence-electron chi connectivity index (χ3n) is 3.59. The van der Waals surface area contributed by atoms with Crippen LogP contribution in [0.1, 0.15) is 10.4 Å². The van der Waals surface area contributed by atoms with Crippen molar-refractivity contribution >= 4 is 33.3 Å². The molecule has 3 aromatic carbocycles. The van der Waals surface area contributed by atoms with Gasteiger partial charge in [0.25, 0.3) is 10.0 Å². The van der Waals surface area contributed by atoms with Crippen LogP contribution in [0, 0.1) is 0 Å². The summed E-state index contributed by atoms with van der Waals surface area (Å²) in [7, 11) is -4.12. The second kappa shape index (κ2) is 7.69. The Morgan fingerprint density at radius 3 is 2.04 bits per heavy atom. The van der Waals surface area contributed by atoms with E-state index in [9.17, 15) is 13.2 Å². The van der Waals surface area contributed by atoms with Gasteiger partial charge in [-0.25, -0.2) is 4.79 Å². The number of anilines is 1. The van der Waals surface area contributed by atoms with Crippen LogP contribution < -0.4 is 9.31 Å². The normalized spacial score (nSPS) is 11.0. The minimum absolute atomic E-state index is 0.0150. The van der Waals surface area contributed by atoms with E-state index in [1.54, 1.807) is 54.6 Å². The number of carboxylic acid groups (broad SMARTS) is 1. The molecule has 0 radical (unpaired) electrons. The van der Waals surface area contributed by atoms with Gasteiger partial charge in [-0.3, -0.25) is 0 Å². The van der Waals surface area contributed by atoms with E-state index in [0.29, 0.717) is 5.02 Å². The Labute approximate surface area is 161 Å². The first-order valence-corrected chi connectivity index (χ1v) is 9.57. The quantitative estimate of drug-likeness (QED) is 0.623. The van der Waals surface area contributed by atoms with E-state index in [4.69, 9.17) is 21.5 Å². The molecule has 0 aliphatic rings. The molecule has 8 heteroatoms. The number of hydrogen-bond donors (Lipinski definition) is 1. The van der Waals surface area contributed by atoms with Crippen molar-refractivity contribution < 1.29 is 23.2 Å². The van der Waals surface area contributed by atoms with Gasteiger partial charge in [0.05, 0.1) is 16.1 Å². The molecule has 0 saturated heterocycles. The standard InChI is InChI=1S/C19H14ClNO5S/c20-15-8-10-17(11-9-15)26-21(16-4-2-1-3-5-16)27(24,25)18-12-6-14(7-13-18)19(22)23/h1-13H,(H,22,23). The number of para-hydroxylation sites is 1. The summed E-state index contributed by atoms with van der Waals surface area (Å²) in [4.78, 5) is 16.5. The SMILES string of the molecule is O=C(O)c1ccc(S(=O)(=O)N(Oc2ccc(Cl)cc2)c2ccccc2)cc1. The Bertz CT molecular complexity index is 1040. The summed E-state index contributed by atoms with van der Waals surface area (Å²) in [5.74, 6) is -0.870. The molecule has 0 unspecified atom stereocenters. The van der Waals surface area contributed by atoms with Gasteiger partial charge in [0.15, 0.2) is 5.75 Å². The maximum atomic E-state index is 13.1. The third-order valence-corrected chi connectivity index (χ3v) is 5.43. The molecule has 0 atom stereocenters. The number of carbonyl (C=O) groups is 1. The molecule has 0 saturated carbocycles. The van der Waals surface area contributed by atoms with E-state index in [1.807, 2.05) is 0 Å². The van der Waals surface area contributed by atoms with E-state index in [2.05, 4.69) is 0 Å². The monoisotopic (exact) mass is 403 g/mol. The fourth-order valence-corrected chi connectivity index (χ4v) is 3.63. The number of sulfonamides is 1. The maximum Gasteiger partial charge on any atom is 0.335 e. The van der Waals surface area contributed by atoms with Crippen LogP contribution in [0.15, 0.2) is 83.8 Å². The molecular formula is C19H14ClNO5S. The molecule has 0 spiro atoms. The van der Waals surface area contributed by atoms with Gasteiger partial charge in [-0.1, -0.05) is 34.3 Å². The molecule has 3 aromatic rings. The maximum absolute atomic E-state index is 13.1. The molecule has 0 bridgehead atoms. The molecule has 0 heterocycles. The number of aromatic carboxylic acids is 1. The average molecular weight is 404 g/mol. The highest BCUT2D eigenvalue weighted by molar-refractivity contribution is 7.92. The molecule has 1 N–H and O–H groups in total. The van der Waals surface area contributed by atoms with Crippen molar-refractivity contribution in [3.05, 3.63) is 89.4 Å². The van der Waals surface area contributed by atoms with E-state index in [-0.39, 0.29) is 21.9 Å². The highest BCUT2D eigenvalue weighted by Crippen LogP contribution is 2.27. The van der Waals surface area contributed by atoms with Crippen molar-refractivity contribution in [2.24, 2.45) is 0 Å². The molecule has 0 fully saturated rings. The van der Waals surface area contributed by atoms with E-state index in [0.717, 1.165) is 4.47 Å². The molecule has 0 amide bonds. The van der Waals surface area contributed by atoms with Crippen molar-refractivity contribution in [2.75, 3.05) is 4.47 Å². The lowest BCUT2D eigenvalue weighted by molar-refractivity contribution is 0.0696. The van der Waals surface area contributed by atoms with Crippen molar-refractivity contribution in [3.63, 3.8) is 0 Å². The summed E-state index contributed by atoms with van der Waals surface area (Å²) in [5.41, 5.74) is 0.272. The Morgan fingerprint density at radius 2 is 1.48 bits per heavy atom. The summed E-state index contributed by atoms with van der Waals surface area (Å²) < 4.78 is 27.0. The lowest BCUT2D eigenvalue weighted by atomic mass is 10.2. The van der Waals surface area contributed by atoms with Gasteiger partial charge in [-0.2, -0.15) is 8.42 Å². The molecular weight excluding hydrogens is 390 g/mol. The van der Waals surface area contributed by atoms with Gasteiger partial charge in [-0.15, -0.1) is 0 Å². The smallest absolute Gasteiger partial charge is 0.335 e. The molecule has 27 heavy (non-hydrogen) atoms. The summed E-state index contributed by atoms with van der Waals surface area (Å²) >= 11 is 5.86. The molecule has 3 rings (SSSR count). The van der Waals surface area contributed by atoms with E-state index < -0.39 is 16.0 Å². The van der Waals surface area contributed by atoms with Gasteiger partial charge in [0.1, 0.15) is 0 Å². The van der Waals surface area contributed by atoms with Gasteiger partial charge < -0.3 is 9.94 Å². The van der Waals surface area contributed by atoms with Crippen LogP contribution in [-0.4, -0.2) is 19.5 Å². The Kier molecular flexibility index (Phi) is 5.34. The molecule has 138 valence electrons. The van der Waals surface area contributed by atoms with E-state index in [1.165, 1.54) is 24.3 Å². The first kappa shape index (κ1) is 18.8. The minimum atomic E-state index is -4.12. The van der Waals surface area contributed by atoms with Crippen LogP contribution in [0.25, 0.3) is 0 Å². The van der Waals surface area contributed by atoms with Crippen molar-refractivity contribution in [1.29, 1.82) is 0 Å². The van der Waals surface area contributed by atoms with Gasteiger partial charge in [-0.05, 0) is 60.7 Å². The summed E-state index contributed by atoms with van der Waals surface area (Å²) in [5, 5.41) is 9.47. The van der Waals surface area contributed by atoms with Crippen LogP contribution in [0.4, 0.5) is 5.69 Å². The van der Waals surface area contributed by atoms with Crippen LogP contribution in [-0.2, 0) is 10.0 Å². The van der Waals surface area contributed by atoms with Crippen molar-refractivity contribution in [2.45, 2.75) is 4.90 Å².